The Morgan fingerprint density at radius 3 is 2.19 bits per heavy atom. The van der Waals surface area contributed by atoms with Crippen LogP contribution in [-0.2, 0) is 13.6 Å². The molecule has 6 heteroatoms. The van der Waals surface area contributed by atoms with Crippen LogP contribution in [0.5, 0.6) is 5.75 Å². The van der Waals surface area contributed by atoms with Crippen molar-refractivity contribution in [1.82, 2.24) is 0 Å². The van der Waals surface area contributed by atoms with Crippen LogP contribution in [0.3, 0.4) is 0 Å². The van der Waals surface area contributed by atoms with Crippen LogP contribution in [0.2, 0.25) is 0 Å². The molecule has 0 radical (unpaired) electrons. The van der Waals surface area contributed by atoms with Crippen molar-refractivity contribution in [2.24, 2.45) is 4.99 Å². The Bertz CT molecular complexity index is 527. The summed E-state index contributed by atoms with van der Waals surface area (Å²) in [5, 5.41) is 0. The molecule has 0 aliphatic heterocycles. The Labute approximate surface area is 126 Å². The molecular weight excluding hydrogens is 289 g/mol. The molecule has 0 atom stereocenters. The number of benzene rings is 1. The molecule has 0 spiro atoms. The molecule has 1 aromatic rings. The molecule has 0 aromatic heterocycles. The van der Waals surface area contributed by atoms with E-state index in [9.17, 15) is 4.57 Å². The Kier molecular flexibility index (Phi) is 7.37. The number of aliphatic imine (C=N–C) groups is 1. The first-order valence-corrected chi connectivity index (χ1v) is 8.39. The lowest BCUT2D eigenvalue weighted by atomic mass is 10.3. The zero-order valence-electron chi connectivity index (χ0n) is 12.9. The van der Waals surface area contributed by atoms with E-state index >= 15 is 0 Å². The maximum atomic E-state index is 12.8. The first-order valence-electron chi connectivity index (χ1n) is 6.84. The minimum atomic E-state index is -3.40. The molecule has 0 aliphatic carbocycles. The number of methoxy groups -OCH3 is 1. The minimum absolute atomic E-state index is 0.288. The molecule has 0 saturated heterocycles. The van der Waals surface area contributed by atoms with E-state index < -0.39 is 7.60 Å². The number of nitrogens with zero attached hydrogens (tertiary/aromatic N) is 1. The van der Waals surface area contributed by atoms with E-state index in [-0.39, 0.29) is 13.2 Å². The van der Waals surface area contributed by atoms with Crippen LogP contribution in [0.4, 0.5) is 5.69 Å². The Hall–Kier alpha value is -1.42. The van der Waals surface area contributed by atoms with Gasteiger partial charge in [0.25, 0.3) is 0 Å². The van der Waals surface area contributed by atoms with Crippen molar-refractivity contribution >= 4 is 18.7 Å². The van der Waals surface area contributed by atoms with Crippen LogP contribution in [0.1, 0.15) is 20.8 Å². The molecular formula is C15H22NO4P. The third-order valence-electron chi connectivity index (χ3n) is 2.51. The number of hydrogen-bond donors (Lipinski definition) is 0. The normalized spacial score (nSPS) is 12.9. The van der Waals surface area contributed by atoms with E-state index in [0.717, 1.165) is 5.75 Å². The third kappa shape index (κ3) is 5.12. The lowest BCUT2D eigenvalue weighted by Gasteiger charge is -2.17. The Morgan fingerprint density at radius 1 is 1.19 bits per heavy atom. The molecule has 0 amide bonds. The lowest BCUT2D eigenvalue weighted by Crippen LogP contribution is -2.05. The Balaban J connectivity index is 3.18. The summed E-state index contributed by atoms with van der Waals surface area (Å²) in [6, 6.07) is 7.14. The maximum Gasteiger partial charge on any atom is 0.379 e. The first-order chi connectivity index (χ1) is 10.1. The predicted molar refractivity (Wildman–Crippen MR) is 85.8 cm³/mol. The standard InChI is InChI=1S/C15H22NO4P/c1-5-8-15(21(17,19-6-2)20-7-3)16-13-9-11-14(18-4)12-10-13/h5,8-12H,6-7H2,1-4H3/b8-5+,16-15?. The number of allylic oxidation sites excluding steroid dienone is 2. The van der Waals surface area contributed by atoms with Crippen molar-refractivity contribution in [1.29, 1.82) is 0 Å². The summed E-state index contributed by atoms with van der Waals surface area (Å²) in [6.45, 7) is 5.94. The zero-order chi connectivity index (χ0) is 15.7. The smallest absolute Gasteiger partial charge is 0.379 e. The maximum absolute atomic E-state index is 12.8. The highest BCUT2D eigenvalue weighted by molar-refractivity contribution is 7.72. The quantitative estimate of drug-likeness (QED) is 0.521. The molecule has 0 N–H and O–H groups in total. The van der Waals surface area contributed by atoms with Gasteiger partial charge in [-0.05, 0) is 51.1 Å². The van der Waals surface area contributed by atoms with Crippen molar-refractivity contribution in [3.63, 3.8) is 0 Å². The van der Waals surface area contributed by atoms with E-state index in [2.05, 4.69) is 4.99 Å². The second-order valence-electron chi connectivity index (χ2n) is 4.00. The van der Waals surface area contributed by atoms with Gasteiger partial charge in [-0.1, -0.05) is 6.08 Å². The molecule has 0 fully saturated rings. The topological polar surface area (TPSA) is 57.1 Å². The second-order valence-corrected chi connectivity index (χ2v) is 5.97. The molecule has 5 nitrogen and oxygen atoms in total. The van der Waals surface area contributed by atoms with Crippen LogP contribution < -0.4 is 4.74 Å². The van der Waals surface area contributed by atoms with Crippen molar-refractivity contribution in [3.8, 4) is 5.75 Å². The molecule has 1 rings (SSSR count). The molecule has 0 saturated carbocycles. The molecule has 116 valence electrons. The summed E-state index contributed by atoms with van der Waals surface area (Å²) < 4.78 is 28.5. The minimum Gasteiger partial charge on any atom is -0.497 e. The molecule has 1 aromatic carbocycles. The average Bonchev–Trinajstić information content (AvgIpc) is 2.48. The van der Waals surface area contributed by atoms with E-state index in [4.69, 9.17) is 13.8 Å². The van der Waals surface area contributed by atoms with Gasteiger partial charge in [0.2, 0.25) is 0 Å². The highest BCUT2D eigenvalue weighted by Gasteiger charge is 2.29. The van der Waals surface area contributed by atoms with Gasteiger partial charge in [-0.25, -0.2) is 4.99 Å². The van der Waals surface area contributed by atoms with Crippen molar-refractivity contribution in [3.05, 3.63) is 36.4 Å². The average molecular weight is 311 g/mol. The molecule has 0 heterocycles. The lowest BCUT2D eigenvalue weighted by molar-refractivity contribution is 0.232. The van der Waals surface area contributed by atoms with Gasteiger partial charge in [0, 0.05) is 0 Å². The van der Waals surface area contributed by atoms with E-state index in [1.165, 1.54) is 0 Å². The molecule has 0 unspecified atom stereocenters. The van der Waals surface area contributed by atoms with Crippen LogP contribution in [0, 0.1) is 0 Å². The van der Waals surface area contributed by atoms with Crippen LogP contribution in [-0.4, -0.2) is 25.8 Å². The predicted octanol–water partition coefficient (Wildman–Crippen LogP) is 4.57. The summed E-state index contributed by atoms with van der Waals surface area (Å²) in [5.41, 5.74) is 0.947. The monoisotopic (exact) mass is 311 g/mol. The fourth-order valence-corrected chi connectivity index (χ4v) is 3.23. The molecule has 21 heavy (non-hydrogen) atoms. The number of ether oxygens (including phenoxy) is 1. The van der Waals surface area contributed by atoms with Gasteiger partial charge in [0.1, 0.15) is 5.75 Å². The van der Waals surface area contributed by atoms with Crippen molar-refractivity contribution in [2.45, 2.75) is 20.8 Å². The highest BCUT2D eigenvalue weighted by atomic mass is 31.2. The van der Waals surface area contributed by atoms with Crippen LogP contribution in [0.15, 0.2) is 41.4 Å². The summed E-state index contributed by atoms with van der Waals surface area (Å²) in [4.78, 5) is 4.39. The molecule has 0 bridgehead atoms. The fourth-order valence-electron chi connectivity index (χ4n) is 1.64. The van der Waals surface area contributed by atoms with Gasteiger partial charge < -0.3 is 13.8 Å². The summed E-state index contributed by atoms with van der Waals surface area (Å²) >= 11 is 0. The van der Waals surface area contributed by atoms with Crippen LogP contribution >= 0.6 is 7.60 Å². The first kappa shape index (κ1) is 17.6. The summed E-state index contributed by atoms with van der Waals surface area (Å²) in [5.74, 6) is 0.735. The third-order valence-corrected chi connectivity index (χ3v) is 4.52. The fraction of sp³-hybridized carbons (Fsp3) is 0.400. The van der Waals surface area contributed by atoms with Crippen LogP contribution in [0.25, 0.3) is 0 Å². The van der Waals surface area contributed by atoms with Crippen molar-refractivity contribution < 1.29 is 18.3 Å². The largest absolute Gasteiger partial charge is 0.497 e. The zero-order valence-corrected chi connectivity index (χ0v) is 13.8. The summed E-state index contributed by atoms with van der Waals surface area (Å²) in [7, 11) is -1.80. The second kappa shape index (κ2) is 8.78. The summed E-state index contributed by atoms with van der Waals surface area (Å²) in [6.07, 6.45) is 3.41. The van der Waals surface area contributed by atoms with Gasteiger partial charge in [-0.15, -0.1) is 0 Å². The SMILES string of the molecule is C/C=C/C(=Nc1ccc(OC)cc1)P(=O)(OCC)OCC. The van der Waals surface area contributed by atoms with Gasteiger partial charge >= 0.3 is 7.60 Å². The van der Waals surface area contributed by atoms with Gasteiger partial charge in [-0.2, -0.15) is 0 Å². The van der Waals surface area contributed by atoms with Crippen molar-refractivity contribution in [2.75, 3.05) is 20.3 Å². The molecule has 0 aliphatic rings. The van der Waals surface area contributed by atoms with Gasteiger partial charge in [-0.3, -0.25) is 4.57 Å². The van der Waals surface area contributed by atoms with Gasteiger partial charge in [0.15, 0.2) is 5.45 Å². The van der Waals surface area contributed by atoms with E-state index in [1.807, 2.05) is 6.92 Å². The van der Waals surface area contributed by atoms with Gasteiger partial charge in [0.05, 0.1) is 26.0 Å². The van der Waals surface area contributed by atoms with E-state index in [0.29, 0.717) is 11.1 Å². The Morgan fingerprint density at radius 2 is 1.76 bits per heavy atom. The highest BCUT2D eigenvalue weighted by Crippen LogP contribution is 2.50. The number of hydrogen-bond acceptors (Lipinski definition) is 5. The number of rotatable bonds is 8. The van der Waals surface area contributed by atoms with E-state index in [1.54, 1.807) is 57.4 Å².